The molecule has 4 nitrogen and oxygen atoms in total. The lowest BCUT2D eigenvalue weighted by Crippen LogP contribution is -2.12. The average molecular weight is 234 g/mol. The number of nitrogens with one attached hydrogen (secondary N) is 1. The van der Waals surface area contributed by atoms with Gasteiger partial charge < -0.3 is 5.32 Å². The Hall–Kier alpha value is -1.75. The smallest absolute Gasteiger partial charge is 0.137 e. The first-order valence-corrected chi connectivity index (χ1v) is 5.60. The van der Waals surface area contributed by atoms with E-state index in [0.717, 1.165) is 18.7 Å². The van der Waals surface area contributed by atoms with E-state index in [9.17, 15) is 4.39 Å². The molecule has 0 spiro atoms. The first kappa shape index (κ1) is 11.7. The van der Waals surface area contributed by atoms with Crippen LogP contribution in [0.1, 0.15) is 18.1 Å². The third-order valence-corrected chi connectivity index (χ3v) is 2.49. The fourth-order valence-corrected chi connectivity index (χ4v) is 1.62. The monoisotopic (exact) mass is 234 g/mol. The molecule has 2 rings (SSSR count). The summed E-state index contributed by atoms with van der Waals surface area (Å²) >= 11 is 0. The second kappa shape index (κ2) is 5.54. The number of benzene rings is 1. The topological polar surface area (TPSA) is 42.7 Å². The van der Waals surface area contributed by atoms with Gasteiger partial charge in [-0.15, -0.1) is 0 Å². The van der Waals surface area contributed by atoms with Gasteiger partial charge in [-0.3, -0.25) is 0 Å². The molecule has 1 aromatic carbocycles. The molecule has 0 bridgehead atoms. The number of aromatic nitrogens is 3. The van der Waals surface area contributed by atoms with Gasteiger partial charge >= 0.3 is 0 Å². The predicted molar refractivity (Wildman–Crippen MR) is 62.9 cm³/mol. The third kappa shape index (κ3) is 3.10. The van der Waals surface area contributed by atoms with E-state index in [4.69, 9.17) is 0 Å². The predicted octanol–water partition coefficient (Wildman–Crippen LogP) is 1.57. The standard InChI is InChI=1S/C12H15FN4/c1-2-14-6-10-3-4-12(13)11(5-10)7-17-9-15-8-16-17/h3-5,8-9,14H,2,6-7H2,1H3. The van der Waals surface area contributed by atoms with Crippen LogP contribution in [-0.2, 0) is 13.1 Å². The second-order valence-electron chi connectivity index (χ2n) is 3.80. The molecular formula is C12H15FN4. The van der Waals surface area contributed by atoms with Gasteiger partial charge in [-0.2, -0.15) is 5.10 Å². The van der Waals surface area contributed by atoms with Crippen LogP contribution in [0.4, 0.5) is 4.39 Å². The molecule has 0 aliphatic rings. The Morgan fingerprint density at radius 1 is 1.41 bits per heavy atom. The molecule has 0 saturated heterocycles. The van der Waals surface area contributed by atoms with E-state index in [1.807, 2.05) is 13.0 Å². The molecule has 1 N–H and O–H groups in total. The molecule has 0 amide bonds. The van der Waals surface area contributed by atoms with Crippen molar-refractivity contribution in [2.75, 3.05) is 6.54 Å². The molecule has 0 radical (unpaired) electrons. The van der Waals surface area contributed by atoms with Gasteiger partial charge in [-0.05, 0) is 24.2 Å². The number of halogens is 1. The molecule has 2 aromatic rings. The molecular weight excluding hydrogens is 219 g/mol. The van der Waals surface area contributed by atoms with Crippen molar-refractivity contribution in [3.8, 4) is 0 Å². The Kier molecular flexibility index (Phi) is 3.82. The molecule has 1 aromatic heterocycles. The van der Waals surface area contributed by atoms with Gasteiger partial charge in [-0.25, -0.2) is 14.1 Å². The lowest BCUT2D eigenvalue weighted by atomic mass is 10.1. The summed E-state index contributed by atoms with van der Waals surface area (Å²) in [5.74, 6) is -0.208. The van der Waals surface area contributed by atoms with Gasteiger partial charge in [0.1, 0.15) is 18.5 Å². The highest BCUT2D eigenvalue weighted by atomic mass is 19.1. The average Bonchev–Trinajstić information content (AvgIpc) is 2.83. The van der Waals surface area contributed by atoms with Crippen LogP contribution in [0.25, 0.3) is 0 Å². The summed E-state index contributed by atoms with van der Waals surface area (Å²) in [6.07, 6.45) is 3.02. The van der Waals surface area contributed by atoms with Crippen molar-refractivity contribution in [3.05, 3.63) is 47.8 Å². The van der Waals surface area contributed by atoms with Crippen LogP contribution in [0, 0.1) is 5.82 Å². The molecule has 90 valence electrons. The Morgan fingerprint density at radius 3 is 3.00 bits per heavy atom. The first-order chi connectivity index (χ1) is 8.29. The minimum Gasteiger partial charge on any atom is -0.313 e. The molecule has 17 heavy (non-hydrogen) atoms. The molecule has 5 heteroatoms. The van der Waals surface area contributed by atoms with Crippen molar-refractivity contribution in [3.63, 3.8) is 0 Å². The van der Waals surface area contributed by atoms with Gasteiger partial charge in [0.05, 0.1) is 6.54 Å². The maximum absolute atomic E-state index is 13.6. The fraction of sp³-hybridized carbons (Fsp3) is 0.333. The maximum atomic E-state index is 13.6. The molecule has 1 heterocycles. The molecule has 0 aliphatic carbocycles. The van der Waals surface area contributed by atoms with Crippen molar-refractivity contribution >= 4 is 0 Å². The number of nitrogens with zero attached hydrogens (tertiary/aromatic N) is 3. The highest BCUT2D eigenvalue weighted by Gasteiger charge is 2.04. The normalized spacial score (nSPS) is 10.7. The van der Waals surface area contributed by atoms with Crippen LogP contribution in [-0.4, -0.2) is 21.3 Å². The Bertz CT molecular complexity index is 467. The van der Waals surface area contributed by atoms with Crippen molar-refractivity contribution in [2.24, 2.45) is 0 Å². The van der Waals surface area contributed by atoms with Gasteiger partial charge in [0, 0.05) is 12.1 Å². The van der Waals surface area contributed by atoms with Crippen molar-refractivity contribution in [2.45, 2.75) is 20.0 Å². The van der Waals surface area contributed by atoms with Crippen LogP contribution in [0.15, 0.2) is 30.9 Å². The summed E-state index contributed by atoms with van der Waals surface area (Å²) in [5.41, 5.74) is 1.70. The zero-order chi connectivity index (χ0) is 12.1. The van der Waals surface area contributed by atoms with Crippen LogP contribution in [0.3, 0.4) is 0 Å². The molecule has 0 atom stereocenters. The molecule has 0 aliphatic heterocycles. The van der Waals surface area contributed by atoms with E-state index in [1.165, 1.54) is 12.4 Å². The van der Waals surface area contributed by atoms with E-state index in [-0.39, 0.29) is 5.82 Å². The van der Waals surface area contributed by atoms with Crippen molar-refractivity contribution in [1.29, 1.82) is 0 Å². The van der Waals surface area contributed by atoms with Crippen LogP contribution in [0.2, 0.25) is 0 Å². The van der Waals surface area contributed by atoms with E-state index >= 15 is 0 Å². The third-order valence-electron chi connectivity index (χ3n) is 2.49. The zero-order valence-electron chi connectivity index (χ0n) is 9.73. The highest BCUT2D eigenvalue weighted by molar-refractivity contribution is 5.25. The number of hydrogen-bond acceptors (Lipinski definition) is 3. The van der Waals surface area contributed by atoms with Gasteiger partial charge in [0.25, 0.3) is 0 Å². The number of hydrogen-bond donors (Lipinski definition) is 1. The summed E-state index contributed by atoms with van der Waals surface area (Å²) in [6, 6.07) is 5.15. The van der Waals surface area contributed by atoms with Crippen molar-refractivity contribution in [1.82, 2.24) is 20.1 Å². The quantitative estimate of drug-likeness (QED) is 0.854. The lowest BCUT2D eigenvalue weighted by Gasteiger charge is -2.07. The van der Waals surface area contributed by atoms with Gasteiger partial charge in [0.15, 0.2) is 0 Å². The second-order valence-corrected chi connectivity index (χ2v) is 3.80. The van der Waals surface area contributed by atoms with Gasteiger partial charge in [0.2, 0.25) is 0 Å². The van der Waals surface area contributed by atoms with E-state index < -0.39 is 0 Å². The fourth-order valence-electron chi connectivity index (χ4n) is 1.62. The maximum Gasteiger partial charge on any atom is 0.137 e. The summed E-state index contributed by atoms with van der Waals surface area (Å²) in [7, 11) is 0. The van der Waals surface area contributed by atoms with E-state index in [0.29, 0.717) is 12.1 Å². The van der Waals surface area contributed by atoms with Crippen LogP contribution < -0.4 is 5.32 Å². The summed E-state index contributed by atoms with van der Waals surface area (Å²) < 4.78 is 15.2. The number of rotatable bonds is 5. The summed E-state index contributed by atoms with van der Waals surface area (Å²) in [6.45, 7) is 4.10. The Balaban J connectivity index is 2.14. The molecule has 0 fully saturated rings. The Morgan fingerprint density at radius 2 is 2.29 bits per heavy atom. The van der Waals surface area contributed by atoms with Crippen LogP contribution in [0.5, 0.6) is 0 Å². The summed E-state index contributed by atoms with van der Waals surface area (Å²) in [4.78, 5) is 3.84. The van der Waals surface area contributed by atoms with Crippen LogP contribution >= 0.6 is 0 Å². The van der Waals surface area contributed by atoms with E-state index in [1.54, 1.807) is 17.1 Å². The summed E-state index contributed by atoms with van der Waals surface area (Å²) in [5, 5.41) is 7.18. The minimum atomic E-state index is -0.208. The van der Waals surface area contributed by atoms with Crippen molar-refractivity contribution < 1.29 is 4.39 Å². The Labute approximate surface area is 99.5 Å². The minimum absolute atomic E-state index is 0.208. The SMILES string of the molecule is CCNCc1ccc(F)c(Cn2cncn2)c1. The molecule has 0 unspecified atom stereocenters. The first-order valence-electron chi connectivity index (χ1n) is 5.60. The van der Waals surface area contributed by atoms with E-state index in [2.05, 4.69) is 15.4 Å². The highest BCUT2D eigenvalue weighted by Crippen LogP contribution is 2.11. The van der Waals surface area contributed by atoms with Gasteiger partial charge in [-0.1, -0.05) is 13.0 Å². The molecule has 0 saturated carbocycles. The lowest BCUT2D eigenvalue weighted by molar-refractivity contribution is 0.582. The largest absolute Gasteiger partial charge is 0.313 e. The zero-order valence-corrected chi connectivity index (χ0v) is 9.73.